The Bertz CT molecular complexity index is 1230. The van der Waals surface area contributed by atoms with Crippen LogP contribution in [0.25, 0.3) is 11.4 Å². The third kappa shape index (κ3) is 5.45. The number of aromatic nitrogens is 4. The van der Waals surface area contributed by atoms with E-state index in [2.05, 4.69) is 20.1 Å². The topological polar surface area (TPSA) is 93.9 Å². The normalized spacial score (nSPS) is 11.1. The summed E-state index contributed by atoms with van der Waals surface area (Å²) >= 11 is 1.35. The van der Waals surface area contributed by atoms with Crippen molar-refractivity contribution in [2.24, 2.45) is 0 Å². The van der Waals surface area contributed by atoms with Crippen LogP contribution >= 0.6 is 11.8 Å². The minimum Gasteiger partial charge on any atom is -0.491 e. The van der Waals surface area contributed by atoms with E-state index < -0.39 is 0 Å². The first-order chi connectivity index (χ1) is 15.5. The van der Waals surface area contributed by atoms with Gasteiger partial charge in [0.05, 0.1) is 11.9 Å². The molecule has 0 saturated heterocycles. The van der Waals surface area contributed by atoms with E-state index in [0.717, 1.165) is 22.6 Å². The van der Waals surface area contributed by atoms with Crippen LogP contribution in [0.4, 0.5) is 0 Å². The van der Waals surface area contributed by atoms with Gasteiger partial charge in [0.1, 0.15) is 5.75 Å². The van der Waals surface area contributed by atoms with Gasteiger partial charge in [-0.15, -0.1) is 0 Å². The number of hydrogen-bond acceptors (Lipinski definition) is 7. The summed E-state index contributed by atoms with van der Waals surface area (Å²) in [5.41, 5.74) is 3.18. The van der Waals surface area contributed by atoms with Gasteiger partial charge in [-0.3, -0.25) is 4.79 Å². The second-order valence-corrected chi connectivity index (χ2v) is 8.55. The molecule has 2 aromatic heterocycles. The van der Waals surface area contributed by atoms with Crippen LogP contribution in [0.2, 0.25) is 0 Å². The maximum Gasteiger partial charge on any atom is 0.255 e. The molecule has 0 aliphatic rings. The number of H-pyrrole nitrogens is 1. The summed E-state index contributed by atoms with van der Waals surface area (Å²) in [6, 6.07) is 17.4. The number of nitrogens with one attached hydrogen (secondary N) is 1. The van der Waals surface area contributed by atoms with Crippen molar-refractivity contribution in [2.45, 2.75) is 44.2 Å². The molecule has 8 heteroatoms. The zero-order chi connectivity index (χ0) is 22.5. The molecule has 7 nitrogen and oxygen atoms in total. The van der Waals surface area contributed by atoms with Crippen molar-refractivity contribution in [1.82, 2.24) is 20.1 Å². The predicted molar refractivity (Wildman–Crippen MR) is 124 cm³/mol. The Labute approximate surface area is 190 Å². The SMILES string of the molecule is Cc1nc(SCc2nc(-c3ccc(OC(C)C)cc3)no2)[nH]c(=O)c1Cc1ccccc1. The lowest BCUT2D eigenvalue weighted by molar-refractivity contribution is 0.242. The Morgan fingerprint density at radius 3 is 2.50 bits per heavy atom. The summed E-state index contributed by atoms with van der Waals surface area (Å²) in [7, 11) is 0. The first-order valence-electron chi connectivity index (χ1n) is 10.3. The van der Waals surface area contributed by atoms with Gasteiger partial charge in [0.15, 0.2) is 5.16 Å². The first kappa shape index (κ1) is 21.8. The molecule has 164 valence electrons. The quantitative estimate of drug-likeness (QED) is 0.306. The van der Waals surface area contributed by atoms with Crippen LogP contribution in [0.3, 0.4) is 0 Å². The molecule has 2 aromatic carbocycles. The van der Waals surface area contributed by atoms with E-state index in [9.17, 15) is 4.79 Å². The van der Waals surface area contributed by atoms with Gasteiger partial charge in [0.2, 0.25) is 11.7 Å². The molecule has 0 bridgehead atoms. The van der Waals surface area contributed by atoms with E-state index in [4.69, 9.17) is 9.26 Å². The third-order valence-corrected chi connectivity index (χ3v) is 5.57. The molecule has 0 atom stereocenters. The van der Waals surface area contributed by atoms with Crippen molar-refractivity contribution >= 4 is 11.8 Å². The number of ether oxygens (including phenoxy) is 1. The highest BCUT2D eigenvalue weighted by Crippen LogP contribution is 2.23. The van der Waals surface area contributed by atoms with Gasteiger partial charge in [0.25, 0.3) is 5.56 Å². The molecule has 0 radical (unpaired) electrons. The minimum absolute atomic E-state index is 0.116. The Balaban J connectivity index is 1.41. The molecule has 32 heavy (non-hydrogen) atoms. The summed E-state index contributed by atoms with van der Waals surface area (Å²) in [6.07, 6.45) is 0.666. The fourth-order valence-corrected chi connectivity index (χ4v) is 3.92. The summed E-state index contributed by atoms with van der Waals surface area (Å²) in [5.74, 6) is 2.17. The van der Waals surface area contributed by atoms with Gasteiger partial charge >= 0.3 is 0 Å². The lowest BCUT2D eigenvalue weighted by Crippen LogP contribution is -2.17. The zero-order valence-corrected chi connectivity index (χ0v) is 19.0. The Hall–Kier alpha value is -3.39. The van der Waals surface area contributed by atoms with E-state index in [1.807, 2.05) is 75.4 Å². The number of rotatable bonds is 8. The molecule has 0 unspecified atom stereocenters. The summed E-state index contributed by atoms with van der Waals surface area (Å²) in [5, 5.41) is 4.58. The lowest BCUT2D eigenvalue weighted by atomic mass is 10.1. The van der Waals surface area contributed by atoms with Crippen molar-refractivity contribution < 1.29 is 9.26 Å². The highest BCUT2D eigenvalue weighted by molar-refractivity contribution is 7.98. The first-order valence-corrected chi connectivity index (χ1v) is 11.3. The largest absolute Gasteiger partial charge is 0.491 e. The van der Waals surface area contributed by atoms with Crippen LogP contribution < -0.4 is 10.3 Å². The van der Waals surface area contributed by atoms with Crippen LogP contribution in [0, 0.1) is 6.92 Å². The van der Waals surface area contributed by atoms with E-state index in [1.54, 1.807) is 0 Å². The van der Waals surface area contributed by atoms with Gasteiger partial charge in [0, 0.05) is 23.2 Å². The Morgan fingerprint density at radius 1 is 1.06 bits per heavy atom. The highest BCUT2D eigenvalue weighted by Gasteiger charge is 2.13. The smallest absolute Gasteiger partial charge is 0.255 e. The maximum atomic E-state index is 12.6. The molecular formula is C24H24N4O3S. The lowest BCUT2D eigenvalue weighted by Gasteiger charge is -2.09. The maximum absolute atomic E-state index is 12.6. The molecule has 0 fully saturated rings. The van der Waals surface area contributed by atoms with E-state index >= 15 is 0 Å². The van der Waals surface area contributed by atoms with Crippen molar-refractivity contribution in [1.29, 1.82) is 0 Å². The van der Waals surface area contributed by atoms with E-state index in [-0.39, 0.29) is 11.7 Å². The van der Waals surface area contributed by atoms with Crippen LogP contribution in [0.15, 0.2) is 69.1 Å². The van der Waals surface area contributed by atoms with Gasteiger partial charge < -0.3 is 14.2 Å². The summed E-state index contributed by atoms with van der Waals surface area (Å²) in [6.45, 7) is 5.82. The molecule has 1 N–H and O–H groups in total. The number of thioether (sulfide) groups is 1. The van der Waals surface area contributed by atoms with Gasteiger partial charge in [-0.05, 0) is 50.6 Å². The molecule has 4 aromatic rings. The van der Waals surface area contributed by atoms with Crippen molar-refractivity contribution in [3.63, 3.8) is 0 Å². The molecular weight excluding hydrogens is 424 g/mol. The molecule has 0 aliphatic heterocycles. The molecule has 0 saturated carbocycles. The van der Waals surface area contributed by atoms with Crippen LogP contribution in [0.5, 0.6) is 5.75 Å². The minimum atomic E-state index is -0.126. The molecule has 4 rings (SSSR count). The third-order valence-electron chi connectivity index (χ3n) is 4.71. The Morgan fingerprint density at radius 2 is 1.81 bits per heavy atom. The van der Waals surface area contributed by atoms with Crippen LogP contribution in [-0.2, 0) is 12.2 Å². The van der Waals surface area contributed by atoms with Crippen molar-refractivity contribution in [3.05, 3.63) is 87.7 Å². The summed E-state index contributed by atoms with van der Waals surface area (Å²) < 4.78 is 11.0. The molecule has 0 amide bonds. The Kier molecular flexibility index (Phi) is 6.70. The van der Waals surface area contributed by atoms with Crippen LogP contribution in [-0.4, -0.2) is 26.2 Å². The second kappa shape index (κ2) is 9.82. The summed E-state index contributed by atoms with van der Waals surface area (Å²) in [4.78, 5) is 24.4. The average molecular weight is 449 g/mol. The van der Waals surface area contributed by atoms with Gasteiger partial charge in [-0.2, -0.15) is 4.98 Å². The van der Waals surface area contributed by atoms with E-state index in [1.165, 1.54) is 11.8 Å². The van der Waals surface area contributed by atoms with Gasteiger partial charge in [-0.1, -0.05) is 47.3 Å². The van der Waals surface area contributed by atoms with Crippen LogP contribution in [0.1, 0.15) is 36.6 Å². The fraction of sp³-hybridized carbons (Fsp3) is 0.250. The standard InChI is InChI=1S/C24H24N4O3S/c1-15(2)30-19-11-9-18(10-12-19)22-26-21(31-28-22)14-32-24-25-16(3)20(23(29)27-24)13-17-7-5-4-6-8-17/h4-12,15H,13-14H2,1-3H3,(H,25,27,29). The number of nitrogens with zero attached hydrogens (tertiary/aromatic N) is 3. The predicted octanol–water partition coefficient (Wildman–Crippen LogP) is 4.80. The average Bonchev–Trinajstić information content (AvgIpc) is 3.25. The van der Waals surface area contributed by atoms with Gasteiger partial charge in [-0.25, -0.2) is 4.98 Å². The number of aryl methyl sites for hydroxylation is 1. The monoisotopic (exact) mass is 448 g/mol. The molecule has 0 aliphatic carbocycles. The fourth-order valence-electron chi connectivity index (χ4n) is 3.18. The molecule has 2 heterocycles. The number of aromatic amines is 1. The van der Waals surface area contributed by atoms with Crippen molar-refractivity contribution in [2.75, 3.05) is 0 Å². The second-order valence-electron chi connectivity index (χ2n) is 7.59. The number of hydrogen-bond donors (Lipinski definition) is 1. The van der Waals surface area contributed by atoms with E-state index in [0.29, 0.717) is 34.6 Å². The zero-order valence-electron chi connectivity index (χ0n) is 18.2. The highest BCUT2D eigenvalue weighted by atomic mass is 32.2. The van der Waals surface area contributed by atoms with Crippen molar-refractivity contribution in [3.8, 4) is 17.1 Å². The number of benzene rings is 2. The molecule has 0 spiro atoms.